The summed E-state index contributed by atoms with van der Waals surface area (Å²) in [5.74, 6) is 1.32. The van der Waals surface area contributed by atoms with Gasteiger partial charge in [0, 0.05) is 0 Å². The molecule has 0 unspecified atom stereocenters. The number of hydrogen-bond acceptors (Lipinski definition) is 1. The number of unbranched alkanes of at least 4 members (excludes halogenated alkanes) is 2. The van der Waals surface area contributed by atoms with Crippen molar-refractivity contribution in [1.82, 2.24) is 0 Å². The van der Waals surface area contributed by atoms with E-state index in [-0.39, 0.29) is 0 Å². The number of rotatable bonds is 8. The molecule has 0 aliphatic carbocycles. The van der Waals surface area contributed by atoms with E-state index >= 15 is 0 Å². The van der Waals surface area contributed by atoms with E-state index in [2.05, 4.69) is 32.2 Å². The third kappa shape index (κ3) is 7.43. The van der Waals surface area contributed by atoms with Gasteiger partial charge in [0.25, 0.3) is 0 Å². The van der Waals surface area contributed by atoms with E-state index in [9.17, 15) is 0 Å². The molecule has 2 heteroatoms. The van der Waals surface area contributed by atoms with Crippen molar-refractivity contribution in [1.29, 1.82) is 0 Å². The van der Waals surface area contributed by atoms with Gasteiger partial charge in [0.2, 0.25) is 0 Å². The summed E-state index contributed by atoms with van der Waals surface area (Å²) in [6.45, 7) is 6.88. The molecule has 0 aromatic rings. The molecule has 0 aliphatic heterocycles. The zero-order valence-corrected chi connectivity index (χ0v) is 10.5. The van der Waals surface area contributed by atoms with Crippen LogP contribution in [0.2, 0.25) is 0 Å². The van der Waals surface area contributed by atoms with Crippen molar-refractivity contribution in [3.05, 3.63) is 0 Å². The largest absolute Gasteiger partial charge is 0.135 e. The van der Waals surface area contributed by atoms with Gasteiger partial charge in [-0.3, -0.25) is 0 Å². The molecule has 0 aliphatic rings. The minimum Gasteiger partial charge on any atom is -0.135 e. The summed E-state index contributed by atoms with van der Waals surface area (Å²) in [4.78, 5) is 0. The average Bonchev–Trinajstić information content (AvgIpc) is 2.10. The van der Waals surface area contributed by atoms with Crippen LogP contribution in [0.1, 0.15) is 46.5 Å². The normalized spacial score (nSPS) is 11.0. The minimum atomic E-state index is 0.344. The first kappa shape index (κ1) is 12.8. The summed E-state index contributed by atoms with van der Waals surface area (Å²) >= 11 is 2.22. The Morgan fingerprint density at radius 3 is 1.75 bits per heavy atom. The third-order valence-corrected chi connectivity index (χ3v) is 7.05. The van der Waals surface area contributed by atoms with Crippen LogP contribution >= 0.6 is 18.5 Å². The molecule has 0 rings (SSSR count). The maximum atomic E-state index is 2.30. The third-order valence-electron chi connectivity index (χ3n) is 1.83. The highest BCUT2D eigenvalue weighted by molar-refractivity contribution is 8.55. The second-order valence-electron chi connectivity index (χ2n) is 3.05. The van der Waals surface area contributed by atoms with Crippen molar-refractivity contribution in [3.8, 4) is 0 Å². The molecule has 0 heterocycles. The number of hydrogen-bond donors (Lipinski definition) is 0. The van der Waals surface area contributed by atoms with E-state index in [0.29, 0.717) is 7.12 Å². The van der Waals surface area contributed by atoms with Crippen LogP contribution in [0.5, 0.6) is 0 Å². The molecular weight excluding hydrogens is 183 g/mol. The standard InChI is InChI=1S/C10H23PS/c1-4-7-9-11(12-6-3)10-8-5-2/h4-10H2,1-3H3. The van der Waals surface area contributed by atoms with Gasteiger partial charge >= 0.3 is 0 Å². The van der Waals surface area contributed by atoms with Crippen molar-refractivity contribution < 1.29 is 0 Å². The second-order valence-corrected chi connectivity index (χ2v) is 8.07. The first-order valence-corrected chi connectivity index (χ1v) is 8.53. The molecule has 0 N–H and O–H groups in total. The summed E-state index contributed by atoms with van der Waals surface area (Å²) < 4.78 is 0. The molecule has 0 aromatic heterocycles. The predicted octanol–water partition coefficient (Wildman–Crippen LogP) is 4.74. The zero-order valence-electron chi connectivity index (χ0n) is 8.81. The van der Waals surface area contributed by atoms with E-state index in [0.717, 1.165) is 0 Å². The molecule has 0 amide bonds. The Labute approximate surface area is 83.4 Å². The van der Waals surface area contributed by atoms with Crippen LogP contribution in [0.3, 0.4) is 0 Å². The van der Waals surface area contributed by atoms with Crippen molar-refractivity contribution >= 4 is 18.5 Å². The Kier molecular flexibility index (Phi) is 10.5. The molecule has 0 spiro atoms. The van der Waals surface area contributed by atoms with Crippen molar-refractivity contribution in [3.63, 3.8) is 0 Å². The van der Waals surface area contributed by atoms with Crippen LogP contribution in [0.25, 0.3) is 0 Å². The topological polar surface area (TPSA) is 0 Å². The van der Waals surface area contributed by atoms with Gasteiger partial charge < -0.3 is 0 Å². The van der Waals surface area contributed by atoms with Crippen molar-refractivity contribution in [2.45, 2.75) is 46.5 Å². The van der Waals surface area contributed by atoms with Crippen LogP contribution in [-0.2, 0) is 0 Å². The van der Waals surface area contributed by atoms with E-state index in [1.165, 1.54) is 43.8 Å². The quantitative estimate of drug-likeness (QED) is 0.517. The second kappa shape index (κ2) is 9.86. The van der Waals surface area contributed by atoms with Crippen molar-refractivity contribution in [2.75, 3.05) is 18.1 Å². The Bertz CT molecular complexity index is 77.9. The molecule has 0 atom stereocenters. The lowest BCUT2D eigenvalue weighted by Crippen LogP contribution is -1.87. The molecule has 0 bridgehead atoms. The van der Waals surface area contributed by atoms with Gasteiger partial charge in [-0.15, -0.1) is 11.4 Å². The van der Waals surface area contributed by atoms with Gasteiger partial charge in [-0.05, 0) is 38.0 Å². The first-order chi connectivity index (χ1) is 5.85. The smallest absolute Gasteiger partial charge is 0.00542 e. The highest BCUT2D eigenvalue weighted by Gasteiger charge is 2.05. The summed E-state index contributed by atoms with van der Waals surface area (Å²) in [6, 6.07) is 0. The summed E-state index contributed by atoms with van der Waals surface area (Å²) in [5, 5.41) is 0. The van der Waals surface area contributed by atoms with Crippen LogP contribution in [-0.4, -0.2) is 18.1 Å². The Morgan fingerprint density at radius 1 is 0.917 bits per heavy atom. The lowest BCUT2D eigenvalue weighted by atomic mass is 10.4. The highest BCUT2D eigenvalue weighted by Crippen LogP contribution is 2.50. The van der Waals surface area contributed by atoms with E-state index < -0.39 is 0 Å². The minimum absolute atomic E-state index is 0.344. The van der Waals surface area contributed by atoms with Crippen LogP contribution in [0.4, 0.5) is 0 Å². The Hall–Kier alpha value is 0.780. The van der Waals surface area contributed by atoms with Gasteiger partial charge in [0.05, 0.1) is 0 Å². The molecule has 0 fully saturated rings. The average molecular weight is 206 g/mol. The van der Waals surface area contributed by atoms with Gasteiger partial charge in [-0.25, -0.2) is 0 Å². The fourth-order valence-corrected chi connectivity index (χ4v) is 5.92. The molecule has 12 heavy (non-hydrogen) atoms. The van der Waals surface area contributed by atoms with Gasteiger partial charge in [-0.2, -0.15) is 0 Å². The van der Waals surface area contributed by atoms with E-state index in [1.54, 1.807) is 0 Å². The molecular formula is C10H23PS. The molecule has 74 valence electrons. The Morgan fingerprint density at radius 2 is 1.42 bits per heavy atom. The van der Waals surface area contributed by atoms with E-state index in [1.807, 2.05) is 0 Å². The SMILES string of the molecule is CCCCP(CCCC)SCC. The molecule has 0 saturated carbocycles. The van der Waals surface area contributed by atoms with Gasteiger partial charge in [0.15, 0.2) is 0 Å². The zero-order chi connectivity index (χ0) is 9.23. The summed E-state index contributed by atoms with van der Waals surface area (Å²) in [6.07, 6.45) is 8.64. The monoisotopic (exact) mass is 206 g/mol. The lowest BCUT2D eigenvalue weighted by Gasteiger charge is -2.14. The van der Waals surface area contributed by atoms with Crippen LogP contribution < -0.4 is 0 Å². The maximum absolute atomic E-state index is 2.30. The highest BCUT2D eigenvalue weighted by atomic mass is 32.7. The lowest BCUT2D eigenvalue weighted by molar-refractivity contribution is 0.873. The first-order valence-electron chi connectivity index (χ1n) is 5.23. The fraction of sp³-hybridized carbons (Fsp3) is 1.00. The molecule has 0 nitrogen and oxygen atoms in total. The summed E-state index contributed by atoms with van der Waals surface area (Å²) in [5.41, 5.74) is 0. The van der Waals surface area contributed by atoms with Gasteiger partial charge in [-0.1, -0.05) is 33.6 Å². The predicted molar refractivity (Wildman–Crippen MR) is 64.6 cm³/mol. The van der Waals surface area contributed by atoms with Crippen molar-refractivity contribution in [2.24, 2.45) is 0 Å². The van der Waals surface area contributed by atoms with Gasteiger partial charge in [0.1, 0.15) is 0 Å². The fourth-order valence-electron chi connectivity index (χ4n) is 1.09. The molecule has 0 saturated heterocycles. The Balaban J connectivity index is 3.40. The molecule has 0 aromatic carbocycles. The summed E-state index contributed by atoms with van der Waals surface area (Å²) in [7, 11) is 0.344. The van der Waals surface area contributed by atoms with E-state index in [4.69, 9.17) is 0 Å². The van der Waals surface area contributed by atoms with Crippen LogP contribution in [0.15, 0.2) is 0 Å². The maximum Gasteiger partial charge on any atom is -0.00542 e. The molecule has 0 radical (unpaired) electrons. The van der Waals surface area contributed by atoms with Crippen LogP contribution in [0, 0.1) is 0 Å².